The lowest BCUT2D eigenvalue weighted by atomic mass is 10.2. The molecule has 134 valence electrons. The first-order valence-corrected chi connectivity index (χ1v) is 8.39. The molecule has 9 nitrogen and oxygen atoms in total. The van der Waals surface area contributed by atoms with E-state index in [-0.39, 0.29) is 11.7 Å². The third-order valence-corrected chi connectivity index (χ3v) is 4.08. The summed E-state index contributed by atoms with van der Waals surface area (Å²) in [6, 6.07) is 3.08. The zero-order valence-corrected chi connectivity index (χ0v) is 14.2. The maximum Gasteiger partial charge on any atom is 0.345 e. The van der Waals surface area contributed by atoms with Gasteiger partial charge in [0, 0.05) is 32.3 Å². The predicted molar refractivity (Wildman–Crippen MR) is 91.9 cm³/mol. The summed E-state index contributed by atoms with van der Waals surface area (Å²) in [6.07, 6.45) is 5.17. The highest BCUT2D eigenvalue weighted by Gasteiger charge is 2.16. The molecule has 1 aliphatic rings. The summed E-state index contributed by atoms with van der Waals surface area (Å²) < 4.78 is 8.32. The van der Waals surface area contributed by atoms with Crippen molar-refractivity contribution in [1.82, 2.24) is 24.6 Å². The summed E-state index contributed by atoms with van der Waals surface area (Å²) in [6.45, 7) is 1.67. The molecule has 0 atom stereocenters. The molecule has 0 bridgehead atoms. The summed E-state index contributed by atoms with van der Waals surface area (Å²) in [5, 5.41) is 9.81. The molecular formula is C16H22N6O3. The molecule has 9 heteroatoms. The van der Waals surface area contributed by atoms with Crippen LogP contribution in [0.1, 0.15) is 25.1 Å². The van der Waals surface area contributed by atoms with Gasteiger partial charge in [-0.05, 0) is 31.4 Å². The number of fused-ring (bicyclic) bond motifs is 1. The molecule has 0 spiro atoms. The molecule has 2 N–H and O–H groups in total. The van der Waals surface area contributed by atoms with Crippen LogP contribution in [0.4, 0.5) is 10.5 Å². The van der Waals surface area contributed by atoms with Crippen molar-refractivity contribution in [3.63, 3.8) is 0 Å². The van der Waals surface area contributed by atoms with E-state index in [2.05, 4.69) is 20.7 Å². The van der Waals surface area contributed by atoms with E-state index >= 15 is 0 Å². The molecule has 3 rings (SSSR count). The average Bonchev–Trinajstić information content (AvgIpc) is 2.95. The summed E-state index contributed by atoms with van der Waals surface area (Å²) in [5.74, 6) is 1.22. The van der Waals surface area contributed by atoms with Crippen LogP contribution in [-0.2, 0) is 19.5 Å². The summed E-state index contributed by atoms with van der Waals surface area (Å²) in [5.41, 5.74) is 0.444. The highest BCUT2D eigenvalue weighted by molar-refractivity contribution is 5.90. The van der Waals surface area contributed by atoms with Gasteiger partial charge in [0.2, 0.25) is 5.88 Å². The quantitative estimate of drug-likeness (QED) is 0.760. The van der Waals surface area contributed by atoms with E-state index in [4.69, 9.17) is 4.74 Å². The molecule has 25 heavy (non-hydrogen) atoms. The Labute approximate surface area is 145 Å². The first-order chi connectivity index (χ1) is 12.2. The third-order valence-electron chi connectivity index (χ3n) is 4.08. The first-order valence-electron chi connectivity index (χ1n) is 8.39. The smallest absolute Gasteiger partial charge is 0.345 e. The Balaban J connectivity index is 1.46. The lowest BCUT2D eigenvalue weighted by molar-refractivity contribution is 0.251. The number of methoxy groups -OCH3 is 1. The van der Waals surface area contributed by atoms with E-state index in [1.807, 2.05) is 0 Å². The van der Waals surface area contributed by atoms with Gasteiger partial charge in [-0.25, -0.2) is 19.3 Å². The van der Waals surface area contributed by atoms with Gasteiger partial charge in [-0.2, -0.15) is 5.10 Å². The molecule has 0 fully saturated rings. The van der Waals surface area contributed by atoms with Crippen LogP contribution in [0.5, 0.6) is 5.88 Å². The van der Waals surface area contributed by atoms with Gasteiger partial charge in [-0.1, -0.05) is 0 Å². The number of aryl methyl sites for hydroxylation is 2. The van der Waals surface area contributed by atoms with Gasteiger partial charge in [0.1, 0.15) is 11.5 Å². The number of pyridine rings is 1. The van der Waals surface area contributed by atoms with Crippen molar-refractivity contribution in [2.45, 2.75) is 38.8 Å². The van der Waals surface area contributed by atoms with Crippen LogP contribution in [0.3, 0.4) is 0 Å². The molecule has 0 radical (unpaired) electrons. The minimum atomic E-state index is -0.345. The number of amides is 2. The van der Waals surface area contributed by atoms with E-state index in [0.717, 1.165) is 31.6 Å². The Morgan fingerprint density at radius 1 is 1.40 bits per heavy atom. The minimum absolute atomic E-state index is 0.0563. The van der Waals surface area contributed by atoms with Crippen molar-refractivity contribution in [3.05, 3.63) is 34.6 Å². The Kier molecular flexibility index (Phi) is 5.32. The Bertz CT molecular complexity index is 797. The second-order valence-corrected chi connectivity index (χ2v) is 5.83. The maximum absolute atomic E-state index is 12.2. The molecule has 0 saturated carbocycles. The van der Waals surface area contributed by atoms with E-state index in [0.29, 0.717) is 31.1 Å². The summed E-state index contributed by atoms with van der Waals surface area (Å²) in [4.78, 5) is 28.1. The molecule has 0 aliphatic carbocycles. The molecule has 2 aromatic rings. The van der Waals surface area contributed by atoms with Crippen LogP contribution in [0.25, 0.3) is 0 Å². The van der Waals surface area contributed by atoms with Crippen LogP contribution in [-0.4, -0.2) is 39.0 Å². The molecule has 0 saturated heterocycles. The van der Waals surface area contributed by atoms with Gasteiger partial charge in [-0.15, -0.1) is 0 Å². The number of hydrogen-bond donors (Lipinski definition) is 2. The zero-order chi connectivity index (χ0) is 17.6. The Morgan fingerprint density at radius 2 is 2.28 bits per heavy atom. The number of aromatic nitrogens is 4. The second kappa shape index (κ2) is 7.82. The van der Waals surface area contributed by atoms with Crippen molar-refractivity contribution < 1.29 is 9.53 Å². The zero-order valence-electron chi connectivity index (χ0n) is 14.2. The Morgan fingerprint density at radius 3 is 3.08 bits per heavy atom. The topological polar surface area (TPSA) is 103 Å². The fourth-order valence-electron chi connectivity index (χ4n) is 2.84. The number of urea groups is 1. The van der Waals surface area contributed by atoms with Crippen LogP contribution < -0.4 is 21.1 Å². The van der Waals surface area contributed by atoms with Crippen LogP contribution in [0.2, 0.25) is 0 Å². The highest BCUT2D eigenvalue weighted by Crippen LogP contribution is 2.19. The van der Waals surface area contributed by atoms with Gasteiger partial charge in [0.25, 0.3) is 0 Å². The maximum atomic E-state index is 12.2. The van der Waals surface area contributed by atoms with Gasteiger partial charge < -0.3 is 15.4 Å². The molecule has 2 aromatic heterocycles. The fraction of sp³-hybridized carbons (Fsp3) is 0.500. The van der Waals surface area contributed by atoms with E-state index in [1.54, 1.807) is 22.9 Å². The third kappa shape index (κ3) is 3.98. The molecule has 0 aromatic carbocycles. The molecular weight excluding hydrogens is 324 g/mol. The van der Waals surface area contributed by atoms with Crippen LogP contribution in [0, 0.1) is 0 Å². The van der Waals surface area contributed by atoms with Gasteiger partial charge in [0.15, 0.2) is 0 Å². The lowest BCUT2D eigenvalue weighted by Gasteiger charge is -2.09. The normalized spacial score (nSPS) is 13.2. The number of nitrogens with one attached hydrogen (secondary N) is 2. The molecule has 2 amide bonds. The highest BCUT2D eigenvalue weighted by atomic mass is 16.5. The fourth-order valence-corrected chi connectivity index (χ4v) is 2.84. The SMILES string of the molecule is COc1ncccc1NC(=O)NCCCn1nc2n(c1=O)CCCC2. The van der Waals surface area contributed by atoms with Crippen molar-refractivity contribution in [1.29, 1.82) is 0 Å². The van der Waals surface area contributed by atoms with E-state index < -0.39 is 0 Å². The van der Waals surface area contributed by atoms with Crippen molar-refractivity contribution in [2.24, 2.45) is 0 Å². The largest absolute Gasteiger partial charge is 0.480 e. The number of carbonyl (C=O) groups excluding carboxylic acids is 1. The van der Waals surface area contributed by atoms with Crippen LogP contribution in [0.15, 0.2) is 23.1 Å². The summed E-state index contributed by atoms with van der Waals surface area (Å²) in [7, 11) is 1.49. The lowest BCUT2D eigenvalue weighted by Crippen LogP contribution is -2.31. The number of nitrogens with zero attached hydrogens (tertiary/aromatic N) is 4. The van der Waals surface area contributed by atoms with Crippen LogP contribution >= 0.6 is 0 Å². The van der Waals surface area contributed by atoms with Gasteiger partial charge in [0.05, 0.1) is 7.11 Å². The average molecular weight is 346 g/mol. The minimum Gasteiger partial charge on any atom is -0.480 e. The first kappa shape index (κ1) is 17.0. The Hall–Kier alpha value is -2.84. The van der Waals surface area contributed by atoms with E-state index in [9.17, 15) is 9.59 Å². The number of hydrogen-bond acceptors (Lipinski definition) is 5. The van der Waals surface area contributed by atoms with Crippen molar-refractivity contribution >= 4 is 11.7 Å². The van der Waals surface area contributed by atoms with E-state index in [1.165, 1.54) is 11.8 Å². The second-order valence-electron chi connectivity index (χ2n) is 5.83. The molecule has 3 heterocycles. The van der Waals surface area contributed by atoms with Crippen molar-refractivity contribution in [2.75, 3.05) is 19.0 Å². The number of anilines is 1. The monoisotopic (exact) mass is 346 g/mol. The van der Waals surface area contributed by atoms with Gasteiger partial charge in [-0.3, -0.25) is 4.57 Å². The summed E-state index contributed by atoms with van der Waals surface area (Å²) >= 11 is 0. The molecule has 0 unspecified atom stereocenters. The predicted octanol–water partition coefficient (Wildman–Crippen LogP) is 0.996. The number of carbonyl (C=O) groups is 1. The number of ether oxygens (including phenoxy) is 1. The standard InChI is InChI=1S/C16H22N6O3/c1-25-14-12(6-4-8-17-14)19-15(23)18-9-5-11-22-16(24)21-10-3-2-7-13(21)20-22/h4,6,8H,2-3,5,7,9-11H2,1H3,(H2,18,19,23). The van der Waals surface area contributed by atoms with Gasteiger partial charge >= 0.3 is 11.7 Å². The van der Waals surface area contributed by atoms with Crippen molar-refractivity contribution in [3.8, 4) is 5.88 Å². The number of rotatable bonds is 6. The molecule has 1 aliphatic heterocycles.